The number of nitrogens with one attached hydrogen (secondary N) is 1. The van der Waals surface area contributed by atoms with E-state index < -0.39 is 23.5 Å². The van der Waals surface area contributed by atoms with E-state index in [4.69, 9.17) is 5.73 Å². The van der Waals surface area contributed by atoms with E-state index in [-0.39, 0.29) is 42.0 Å². The van der Waals surface area contributed by atoms with Gasteiger partial charge in [0.15, 0.2) is 5.78 Å². The maximum atomic E-state index is 13.7. The highest BCUT2D eigenvalue weighted by molar-refractivity contribution is 6.01. The number of hydrogen-bond acceptors (Lipinski definition) is 6. The summed E-state index contributed by atoms with van der Waals surface area (Å²) < 4.78 is 0. The second-order valence-electron chi connectivity index (χ2n) is 11.7. The number of nitrogens with zero attached hydrogens (tertiary/aromatic N) is 3. The summed E-state index contributed by atoms with van der Waals surface area (Å²) in [4.78, 5) is 57.8. The summed E-state index contributed by atoms with van der Waals surface area (Å²) in [6, 6.07) is 4.59. The Morgan fingerprint density at radius 2 is 1.69 bits per heavy atom. The van der Waals surface area contributed by atoms with Crippen molar-refractivity contribution < 1.29 is 19.2 Å². The van der Waals surface area contributed by atoms with Gasteiger partial charge in [-0.25, -0.2) is 0 Å². The Kier molecular flexibility index (Phi) is 8.13. The first-order valence-corrected chi connectivity index (χ1v) is 12.7. The van der Waals surface area contributed by atoms with Gasteiger partial charge in [-0.15, -0.1) is 0 Å². The summed E-state index contributed by atoms with van der Waals surface area (Å²) in [6.45, 7) is 9.96. The summed E-state index contributed by atoms with van der Waals surface area (Å²) >= 11 is 0. The van der Waals surface area contributed by atoms with Gasteiger partial charge in [0.25, 0.3) is 5.91 Å². The first-order valence-electron chi connectivity index (χ1n) is 12.7. The minimum atomic E-state index is -0.765. The van der Waals surface area contributed by atoms with Gasteiger partial charge in [-0.1, -0.05) is 34.6 Å². The van der Waals surface area contributed by atoms with Crippen LogP contribution in [0.15, 0.2) is 24.3 Å². The molecule has 3 amide bonds. The van der Waals surface area contributed by atoms with Gasteiger partial charge < -0.3 is 25.8 Å². The molecule has 2 aliphatic heterocycles. The summed E-state index contributed by atoms with van der Waals surface area (Å²) in [5.74, 6) is -0.881. The summed E-state index contributed by atoms with van der Waals surface area (Å²) in [5, 5.41) is 2.90. The van der Waals surface area contributed by atoms with Gasteiger partial charge in [-0.2, -0.15) is 0 Å². The van der Waals surface area contributed by atoms with Crippen molar-refractivity contribution in [1.29, 1.82) is 0 Å². The molecular formula is C27H41N5O4. The number of hydrogen-bond donors (Lipinski definition) is 2. The van der Waals surface area contributed by atoms with Gasteiger partial charge in [0.05, 0.1) is 18.6 Å². The van der Waals surface area contributed by atoms with E-state index in [1.165, 1.54) is 0 Å². The molecule has 2 heterocycles. The molecule has 9 nitrogen and oxygen atoms in total. The molecule has 0 unspecified atom stereocenters. The molecule has 0 bridgehead atoms. The third kappa shape index (κ3) is 5.72. The quantitative estimate of drug-likeness (QED) is 0.589. The van der Waals surface area contributed by atoms with Crippen LogP contribution in [0.5, 0.6) is 0 Å². The molecule has 3 N–H and O–H groups in total. The Morgan fingerprint density at radius 1 is 1.08 bits per heavy atom. The number of Topliss-reactive ketones (excluding diaryl/α,β-unsaturated/α-hetero) is 1. The average Bonchev–Trinajstić information content (AvgIpc) is 3.37. The van der Waals surface area contributed by atoms with Crippen LogP contribution < -0.4 is 16.0 Å². The van der Waals surface area contributed by atoms with Gasteiger partial charge in [0.1, 0.15) is 12.1 Å². The number of amides is 3. The monoisotopic (exact) mass is 499 g/mol. The fourth-order valence-corrected chi connectivity index (χ4v) is 4.95. The summed E-state index contributed by atoms with van der Waals surface area (Å²) in [5.41, 5.74) is 7.19. The zero-order chi connectivity index (χ0) is 26.9. The zero-order valence-electron chi connectivity index (χ0n) is 22.6. The van der Waals surface area contributed by atoms with Crippen LogP contribution in [0.3, 0.4) is 0 Å². The Bertz CT molecular complexity index is 998. The molecule has 2 fully saturated rings. The highest BCUT2D eigenvalue weighted by Crippen LogP contribution is 2.32. The fourth-order valence-electron chi connectivity index (χ4n) is 4.95. The average molecular weight is 500 g/mol. The number of benzene rings is 1. The molecule has 4 atom stereocenters. The first kappa shape index (κ1) is 27.6. The van der Waals surface area contributed by atoms with Crippen molar-refractivity contribution in [2.45, 2.75) is 71.6 Å². The van der Waals surface area contributed by atoms with E-state index in [1.807, 2.05) is 65.7 Å². The van der Waals surface area contributed by atoms with Crippen LogP contribution in [0.25, 0.3) is 0 Å². The molecule has 2 saturated heterocycles. The number of carbonyl (C=O) groups is 4. The number of nitrogens with two attached hydrogens (primary N) is 1. The zero-order valence-corrected chi connectivity index (χ0v) is 22.6. The Balaban J connectivity index is 1.77. The Hall–Kier alpha value is -2.94. The van der Waals surface area contributed by atoms with E-state index in [0.29, 0.717) is 24.9 Å². The molecule has 1 aromatic carbocycles. The van der Waals surface area contributed by atoms with Gasteiger partial charge in [-0.05, 0) is 48.4 Å². The predicted octanol–water partition coefficient (Wildman–Crippen LogP) is 1.65. The van der Waals surface area contributed by atoms with E-state index in [2.05, 4.69) is 5.32 Å². The van der Waals surface area contributed by atoms with Crippen LogP contribution in [0, 0.1) is 11.3 Å². The Labute approximate surface area is 214 Å². The molecular weight excluding hydrogens is 458 g/mol. The maximum Gasteiger partial charge on any atom is 0.251 e. The van der Waals surface area contributed by atoms with Crippen molar-refractivity contribution in [2.24, 2.45) is 17.1 Å². The lowest BCUT2D eigenvalue weighted by atomic mass is 9.86. The SMILES string of the molecule is CC(C)C[C@H](NC(=O)c1ccc(N(C)C)cc1)C(=O)N1CC[C@@H]2[C@H]1C(=O)CN2C(=O)[C@@H](N)C(C)(C)C. The lowest BCUT2D eigenvalue weighted by Gasteiger charge is -2.32. The maximum absolute atomic E-state index is 13.7. The van der Waals surface area contributed by atoms with Gasteiger partial charge in [0.2, 0.25) is 11.8 Å². The van der Waals surface area contributed by atoms with Crippen molar-refractivity contribution in [3.05, 3.63) is 29.8 Å². The van der Waals surface area contributed by atoms with Crippen LogP contribution >= 0.6 is 0 Å². The molecule has 2 aliphatic rings. The highest BCUT2D eigenvalue weighted by Gasteiger charge is 2.53. The largest absolute Gasteiger partial charge is 0.378 e. The number of likely N-dealkylation sites (tertiary alicyclic amines) is 2. The van der Waals surface area contributed by atoms with Crippen molar-refractivity contribution in [3.8, 4) is 0 Å². The number of anilines is 1. The van der Waals surface area contributed by atoms with Crippen molar-refractivity contribution in [3.63, 3.8) is 0 Å². The molecule has 0 saturated carbocycles. The van der Waals surface area contributed by atoms with Crippen LogP contribution in [-0.2, 0) is 14.4 Å². The van der Waals surface area contributed by atoms with Gasteiger partial charge in [-0.3, -0.25) is 19.2 Å². The standard InChI is InChI=1S/C27H41N5O4/c1-16(2)14-19(29-24(34)17-8-10-18(11-9-17)30(6)7)25(35)31-13-12-20-22(31)21(33)15-32(20)26(36)23(28)27(3,4)5/h8-11,16,19-20,22-23H,12-15,28H2,1-7H3,(H,29,34)/t19-,20+,22-,23+/m0/s1. The number of ketones is 1. The lowest BCUT2D eigenvalue weighted by Crippen LogP contribution is -2.54. The van der Waals surface area contributed by atoms with Crippen LogP contribution in [0.4, 0.5) is 5.69 Å². The topological polar surface area (TPSA) is 116 Å². The predicted molar refractivity (Wildman–Crippen MR) is 140 cm³/mol. The van der Waals surface area contributed by atoms with Gasteiger partial charge >= 0.3 is 0 Å². The molecule has 0 aromatic heterocycles. The molecule has 3 rings (SSSR count). The molecule has 0 spiro atoms. The van der Waals surface area contributed by atoms with E-state index in [0.717, 1.165) is 5.69 Å². The van der Waals surface area contributed by atoms with Crippen molar-refractivity contribution >= 4 is 29.2 Å². The van der Waals surface area contributed by atoms with Gasteiger partial charge in [0, 0.05) is 31.9 Å². The van der Waals surface area contributed by atoms with Crippen LogP contribution in [-0.4, -0.2) is 84.7 Å². The minimum Gasteiger partial charge on any atom is -0.378 e. The Morgan fingerprint density at radius 3 is 2.22 bits per heavy atom. The second kappa shape index (κ2) is 10.6. The third-order valence-electron chi connectivity index (χ3n) is 7.14. The van der Waals surface area contributed by atoms with Crippen LogP contribution in [0.1, 0.15) is 57.8 Å². The second-order valence-corrected chi connectivity index (χ2v) is 11.7. The summed E-state index contributed by atoms with van der Waals surface area (Å²) in [7, 11) is 3.84. The van der Waals surface area contributed by atoms with Crippen molar-refractivity contribution in [2.75, 3.05) is 32.1 Å². The normalized spacial score (nSPS) is 21.4. The van der Waals surface area contributed by atoms with Crippen molar-refractivity contribution in [1.82, 2.24) is 15.1 Å². The molecule has 198 valence electrons. The number of fused-ring (bicyclic) bond motifs is 1. The molecule has 0 radical (unpaired) electrons. The van der Waals surface area contributed by atoms with E-state index in [1.54, 1.807) is 21.9 Å². The molecule has 0 aliphatic carbocycles. The highest BCUT2D eigenvalue weighted by atomic mass is 16.2. The number of rotatable bonds is 7. The smallest absolute Gasteiger partial charge is 0.251 e. The number of carbonyl (C=O) groups excluding carboxylic acids is 4. The van der Waals surface area contributed by atoms with Crippen LogP contribution in [0.2, 0.25) is 0 Å². The molecule has 9 heteroatoms. The van der Waals surface area contributed by atoms with E-state index in [9.17, 15) is 19.2 Å². The minimum absolute atomic E-state index is 0.0405. The summed E-state index contributed by atoms with van der Waals surface area (Å²) in [6.07, 6.45) is 0.957. The van der Waals surface area contributed by atoms with E-state index >= 15 is 0 Å². The molecule has 36 heavy (non-hydrogen) atoms. The third-order valence-corrected chi connectivity index (χ3v) is 7.14. The fraction of sp³-hybridized carbons (Fsp3) is 0.630. The molecule has 1 aromatic rings. The lowest BCUT2D eigenvalue weighted by molar-refractivity contribution is -0.138. The first-order chi connectivity index (χ1) is 16.7.